The Labute approximate surface area is 284 Å². The van der Waals surface area contributed by atoms with Crippen molar-refractivity contribution in [2.75, 3.05) is 6.61 Å². The molecule has 0 spiro atoms. The minimum atomic E-state index is -2.16. The number of fused-ring (bicyclic) bond motifs is 10. The molecule has 0 bridgehead atoms. The molecule has 0 unspecified atom stereocenters. The fourth-order valence-electron chi connectivity index (χ4n) is 7.11. The van der Waals surface area contributed by atoms with Gasteiger partial charge >= 0.3 is 0 Å². The Morgan fingerprint density at radius 2 is 1.60 bits per heavy atom. The Morgan fingerprint density at radius 3 is 2.26 bits per heavy atom. The van der Waals surface area contributed by atoms with Crippen LogP contribution in [-0.4, -0.2) is 44.3 Å². The summed E-state index contributed by atoms with van der Waals surface area (Å²) in [4.78, 5) is 14.8. The van der Waals surface area contributed by atoms with Gasteiger partial charge in [-0.3, -0.25) is 4.79 Å². The summed E-state index contributed by atoms with van der Waals surface area (Å²) in [6, 6.07) is 15.6. The predicted molar refractivity (Wildman–Crippen MR) is 202 cm³/mol. The van der Waals surface area contributed by atoms with Crippen molar-refractivity contribution in [1.82, 2.24) is 9.13 Å². The summed E-state index contributed by atoms with van der Waals surface area (Å²) in [5.41, 5.74) is 10.9. The molecular weight excluding hydrogens is 613 g/mol. The number of hydrogen-bond acceptors (Lipinski definition) is 3. The molecule has 0 radical (unpaired) electrons. The zero-order chi connectivity index (χ0) is 34.3. The summed E-state index contributed by atoms with van der Waals surface area (Å²) in [5.74, 6) is 0.226. The lowest BCUT2D eigenvalue weighted by Gasteiger charge is -2.43. The van der Waals surface area contributed by atoms with E-state index in [-0.39, 0.29) is 22.1 Å². The van der Waals surface area contributed by atoms with E-state index in [1.807, 2.05) is 0 Å². The molecule has 252 valence electrons. The molecule has 4 aromatic rings. The Balaban J connectivity index is 1.58. The van der Waals surface area contributed by atoms with Gasteiger partial charge in [0.1, 0.15) is 0 Å². The van der Waals surface area contributed by atoms with Gasteiger partial charge in [-0.05, 0) is 83.4 Å². The van der Waals surface area contributed by atoms with Gasteiger partial charge in [-0.25, -0.2) is 0 Å². The number of benzene rings is 3. The molecule has 7 heteroatoms. The van der Waals surface area contributed by atoms with E-state index in [0.29, 0.717) is 13.2 Å². The van der Waals surface area contributed by atoms with Crippen LogP contribution in [0.1, 0.15) is 94.4 Å². The number of hydrogen-bond donors (Lipinski definition) is 0. The van der Waals surface area contributed by atoms with Crippen LogP contribution in [0.4, 0.5) is 0 Å². The van der Waals surface area contributed by atoms with E-state index in [1.165, 1.54) is 55.2 Å². The number of carbonyl (C=O) groups is 1. The first-order chi connectivity index (χ1) is 21.8. The largest absolute Gasteiger partial charge is 0.417 e. The van der Waals surface area contributed by atoms with Crippen molar-refractivity contribution in [2.24, 2.45) is 0 Å². The third-order valence-corrected chi connectivity index (χ3v) is 21.8. The van der Waals surface area contributed by atoms with E-state index in [9.17, 15) is 4.79 Å². The molecule has 1 aliphatic heterocycles. The van der Waals surface area contributed by atoms with Crippen molar-refractivity contribution < 1.29 is 14.0 Å². The fraction of sp³-hybridized carbons (Fsp3) is 0.525. The molecule has 47 heavy (non-hydrogen) atoms. The molecule has 5 nitrogen and oxygen atoms in total. The van der Waals surface area contributed by atoms with Crippen molar-refractivity contribution in [3.8, 4) is 11.1 Å². The van der Waals surface area contributed by atoms with Gasteiger partial charge in [-0.1, -0.05) is 85.0 Å². The van der Waals surface area contributed by atoms with Gasteiger partial charge in [0.05, 0.1) is 23.8 Å². The maximum atomic E-state index is 14.8. The molecule has 2 heterocycles. The normalized spacial score (nSPS) is 15.3. The monoisotopic (exact) mass is 668 g/mol. The summed E-state index contributed by atoms with van der Waals surface area (Å²) >= 11 is 0. The highest BCUT2D eigenvalue weighted by Gasteiger charge is 2.49. The Bertz CT molecular complexity index is 1870. The molecule has 0 saturated carbocycles. The Morgan fingerprint density at radius 1 is 0.894 bits per heavy atom. The molecule has 1 amide bonds. The van der Waals surface area contributed by atoms with Gasteiger partial charge in [0.2, 0.25) is 5.91 Å². The molecule has 0 atom stereocenters. The van der Waals surface area contributed by atoms with Crippen molar-refractivity contribution in [3.05, 3.63) is 70.3 Å². The molecule has 2 aliphatic rings. The lowest BCUT2D eigenvalue weighted by molar-refractivity contribution is 0.0658. The van der Waals surface area contributed by atoms with E-state index < -0.39 is 16.6 Å². The Hall–Kier alpha value is -2.72. The van der Waals surface area contributed by atoms with Gasteiger partial charge in [0, 0.05) is 48.0 Å². The van der Waals surface area contributed by atoms with Crippen LogP contribution in [0, 0.1) is 0 Å². The molecule has 6 rings (SSSR count). The van der Waals surface area contributed by atoms with Gasteiger partial charge in [0.15, 0.2) is 16.6 Å². The van der Waals surface area contributed by atoms with Crippen LogP contribution in [0.3, 0.4) is 0 Å². The lowest BCUT2D eigenvalue weighted by atomic mass is 9.92. The van der Waals surface area contributed by atoms with E-state index in [0.717, 1.165) is 31.6 Å². The first-order valence-electron chi connectivity index (χ1n) is 17.6. The van der Waals surface area contributed by atoms with Crippen molar-refractivity contribution in [2.45, 2.75) is 130 Å². The first-order valence-corrected chi connectivity index (χ1v) is 23.5. The number of amides is 1. The van der Waals surface area contributed by atoms with Crippen molar-refractivity contribution in [3.63, 3.8) is 0 Å². The second kappa shape index (κ2) is 11.7. The highest BCUT2D eigenvalue weighted by atomic mass is 28.4. The number of carbonyl (C=O) groups excluding carboxylic acids is 1. The highest BCUT2D eigenvalue weighted by molar-refractivity contribution is 6.80. The average molecular weight is 669 g/mol. The average Bonchev–Trinajstić information content (AvgIpc) is 3.62. The maximum Gasteiger partial charge on any atom is 0.247 e. The third-order valence-electron chi connectivity index (χ3n) is 11.9. The molecule has 0 saturated heterocycles. The smallest absolute Gasteiger partial charge is 0.247 e. The fourth-order valence-corrected chi connectivity index (χ4v) is 10.2. The van der Waals surface area contributed by atoms with Gasteiger partial charge < -0.3 is 18.3 Å². The molecule has 1 aliphatic carbocycles. The van der Waals surface area contributed by atoms with Crippen LogP contribution in [0.15, 0.2) is 42.5 Å². The SMILES string of the molecule is CC(C)OCc1ccc2c(c1)c1c3c(c4c(c1n2CCCO[Si](C)(C)C(C)(C)C)Cc1ccccc1-4)C(=O)N([Si](C)(C)C(C)(C)C)C3. The summed E-state index contributed by atoms with van der Waals surface area (Å²) in [5, 5.41) is 2.75. The summed E-state index contributed by atoms with van der Waals surface area (Å²) in [7, 11) is -4.00. The number of ether oxygens (including phenoxy) is 1. The van der Waals surface area contributed by atoms with Crippen molar-refractivity contribution in [1.29, 1.82) is 0 Å². The van der Waals surface area contributed by atoms with Gasteiger partial charge in [-0.2, -0.15) is 0 Å². The lowest BCUT2D eigenvalue weighted by Crippen LogP contribution is -2.54. The second-order valence-corrected chi connectivity index (χ2v) is 27.3. The van der Waals surface area contributed by atoms with Crippen LogP contribution in [-0.2, 0) is 35.3 Å². The number of nitrogens with zero attached hydrogens (tertiary/aromatic N) is 2. The molecule has 0 N–H and O–H groups in total. The minimum absolute atomic E-state index is 0.0460. The number of aromatic nitrogens is 1. The quantitative estimate of drug-likeness (QED) is 0.116. The van der Waals surface area contributed by atoms with Crippen molar-refractivity contribution >= 4 is 44.3 Å². The van der Waals surface area contributed by atoms with Crippen LogP contribution >= 0.6 is 0 Å². The molecule has 0 fully saturated rings. The second-order valence-electron chi connectivity index (χ2n) is 17.3. The van der Waals surface area contributed by atoms with Gasteiger partial charge in [-0.15, -0.1) is 0 Å². The molecule has 1 aromatic heterocycles. The van der Waals surface area contributed by atoms with E-state index in [4.69, 9.17) is 9.16 Å². The topological polar surface area (TPSA) is 43.7 Å². The predicted octanol–water partition coefficient (Wildman–Crippen LogP) is 10.7. The number of aryl methyl sites for hydroxylation is 1. The third kappa shape index (κ3) is 5.65. The standard InChI is InChI=1S/C40H56N2O3Si2/c1-26(2)44-25-27-18-19-33-30(22-27)35-32-24-42(46(9,10)39(3,4)5)38(43)36(32)34-29-17-14-13-16-28(29)23-31(34)37(35)41(33)20-15-21-45-47(11,12)40(6,7)8/h13-14,16-19,22,26H,15,20-21,23-25H2,1-12H3. The summed E-state index contributed by atoms with van der Waals surface area (Å²) in [6.07, 6.45) is 1.95. The zero-order valence-corrected chi connectivity index (χ0v) is 33.0. The van der Waals surface area contributed by atoms with E-state index in [1.54, 1.807) is 0 Å². The molecule has 3 aromatic carbocycles. The molecular formula is C40H56N2O3Si2. The zero-order valence-electron chi connectivity index (χ0n) is 31.0. The Kier molecular flexibility index (Phi) is 8.51. The highest BCUT2D eigenvalue weighted by Crippen LogP contribution is 2.52. The van der Waals surface area contributed by atoms with E-state index in [2.05, 4.69) is 133 Å². The summed E-state index contributed by atoms with van der Waals surface area (Å²) in [6.45, 7) is 30.3. The first kappa shape index (κ1) is 34.2. The van der Waals surface area contributed by atoms with Crippen LogP contribution in [0.5, 0.6) is 0 Å². The van der Waals surface area contributed by atoms with Crippen LogP contribution < -0.4 is 0 Å². The summed E-state index contributed by atoms with van der Waals surface area (Å²) < 4.78 is 17.6. The minimum Gasteiger partial charge on any atom is -0.417 e. The number of rotatable bonds is 9. The van der Waals surface area contributed by atoms with Crippen LogP contribution in [0.2, 0.25) is 36.3 Å². The van der Waals surface area contributed by atoms with Gasteiger partial charge in [0.25, 0.3) is 0 Å². The van der Waals surface area contributed by atoms with E-state index >= 15 is 0 Å². The van der Waals surface area contributed by atoms with Crippen LogP contribution in [0.25, 0.3) is 32.9 Å². The maximum absolute atomic E-state index is 14.8.